The van der Waals surface area contributed by atoms with E-state index in [1.165, 1.54) is 13.2 Å². The number of rotatable bonds is 5. The molecule has 1 saturated heterocycles. The summed E-state index contributed by atoms with van der Waals surface area (Å²) < 4.78 is 10.5. The first-order valence-corrected chi connectivity index (χ1v) is 8.25. The minimum absolute atomic E-state index is 0.155. The van der Waals surface area contributed by atoms with Gasteiger partial charge in [-0.1, -0.05) is 30.3 Å². The quantitative estimate of drug-likeness (QED) is 0.465. The van der Waals surface area contributed by atoms with E-state index in [4.69, 9.17) is 9.47 Å². The Kier molecular flexibility index (Phi) is 5.50. The summed E-state index contributed by atoms with van der Waals surface area (Å²) in [6.45, 7) is 0.155. The number of urea groups is 1. The van der Waals surface area contributed by atoms with E-state index in [1.54, 1.807) is 48.5 Å². The maximum absolute atomic E-state index is 11.9. The number of methoxy groups -OCH3 is 1. The van der Waals surface area contributed by atoms with Crippen LogP contribution in [0.2, 0.25) is 0 Å². The summed E-state index contributed by atoms with van der Waals surface area (Å²) in [7, 11) is 1.31. The second-order valence-electron chi connectivity index (χ2n) is 5.81. The van der Waals surface area contributed by atoms with Crippen LogP contribution in [0, 0.1) is 0 Å². The average molecular weight is 380 g/mol. The molecule has 0 aliphatic carbocycles. The molecule has 2 N–H and O–H groups in total. The van der Waals surface area contributed by atoms with Crippen LogP contribution in [-0.4, -0.2) is 30.9 Å². The Morgan fingerprint density at radius 1 is 1.00 bits per heavy atom. The highest BCUT2D eigenvalue weighted by Gasteiger charge is 2.27. The van der Waals surface area contributed by atoms with Crippen LogP contribution in [-0.2, 0) is 20.9 Å². The molecular weight excluding hydrogens is 364 g/mol. The molecule has 0 radical (unpaired) electrons. The third-order valence-electron chi connectivity index (χ3n) is 3.90. The van der Waals surface area contributed by atoms with E-state index in [0.717, 1.165) is 5.56 Å². The number of hydrogen-bond acceptors (Lipinski definition) is 6. The number of para-hydroxylation sites is 1. The molecule has 142 valence electrons. The molecule has 0 unspecified atom stereocenters. The molecule has 1 aliphatic heterocycles. The molecule has 0 saturated carbocycles. The Balaban J connectivity index is 1.81. The average Bonchev–Trinajstić information content (AvgIpc) is 2.69. The summed E-state index contributed by atoms with van der Waals surface area (Å²) in [4.78, 5) is 46.6. The summed E-state index contributed by atoms with van der Waals surface area (Å²) in [6, 6.07) is 12.8. The molecule has 2 aromatic carbocycles. The van der Waals surface area contributed by atoms with Crippen molar-refractivity contribution in [2.45, 2.75) is 6.61 Å². The maximum atomic E-state index is 11.9. The fraction of sp³-hybridized carbons (Fsp3) is 0.100. The number of esters is 1. The zero-order valence-corrected chi connectivity index (χ0v) is 14.9. The maximum Gasteiger partial charge on any atom is 0.337 e. The smallest absolute Gasteiger partial charge is 0.337 e. The van der Waals surface area contributed by atoms with E-state index in [9.17, 15) is 19.2 Å². The molecule has 0 atom stereocenters. The van der Waals surface area contributed by atoms with Gasteiger partial charge in [-0.3, -0.25) is 20.2 Å². The topological polar surface area (TPSA) is 111 Å². The molecule has 3 rings (SSSR count). The van der Waals surface area contributed by atoms with Crippen molar-refractivity contribution in [1.82, 2.24) is 10.6 Å². The summed E-state index contributed by atoms with van der Waals surface area (Å²) in [5.41, 5.74) is 1.42. The molecule has 1 aliphatic rings. The number of benzene rings is 2. The standard InChI is InChI=1S/C20H16N2O6/c1-27-19(25)14-7-4-5-12(9-14)11-28-16-8-3-2-6-13(16)10-15-17(23)21-20(26)22-18(15)24/h2-10H,11H2,1H3,(H2,21,22,23,24,26). The number of amides is 4. The third kappa shape index (κ3) is 4.24. The predicted molar refractivity (Wildman–Crippen MR) is 98.2 cm³/mol. The van der Waals surface area contributed by atoms with Crippen LogP contribution in [0.1, 0.15) is 21.5 Å². The normalized spacial score (nSPS) is 13.5. The minimum Gasteiger partial charge on any atom is -0.488 e. The van der Waals surface area contributed by atoms with Crippen molar-refractivity contribution in [3.8, 4) is 5.75 Å². The number of carbonyl (C=O) groups excluding carboxylic acids is 4. The van der Waals surface area contributed by atoms with Crippen molar-refractivity contribution in [2.75, 3.05) is 7.11 Å². The molecular formula is C20H16N2O6. The van der Waals surface area contributed by atoms with Gasteiger partial charge in [-0.2, -0.15) is 0 Å². The Bertz CT molecular complexity index is 974. The van der Waals surface area contributed by atoms with Crippen LogP contribution in [0.25, 0.3) is 6.08 Å². The van der Waals surface area contributed by atoms with E-state index >= 15 is 0 Å². The lowest BCUT2D eigenvalue weighted by Crippen LogP contribution is -2.51. The molecule has 0 spiro atoms. The first-order chi connectivity index (χ1) is 13.5. The van der Waals surface area contributed by atoms with Crippen molar-refractivity contribution >= 4 is 29.9 Å². The van der Waals surface area contributed by atoms with E-state index in [2.05, 4.69) is 0 Å². The van der Waals surface area contributed by atoms with Gasteiger partial charge in [0, 0.05) is 5.56 Å². The van der Waals surface area contributed by atoms with E-state index < -0.39 is 23.8 Å². The van der Waals surface area contributed by atoms with Gasteiger partial charge in [-0.05, 0) is 29.8 Å². The van der Waals surface area contributed by atoms with E-state index in [0.29, 0.717) is 16.9 Å². The number of hydrogen-bond donors (Lipinski definition) is 2. The molecule has 28 heavy (non-hydrogen) atoms. The highest BCUT2D eigenvalue weighted by molar-refractivity contribution is 6.31. The Hall–Kier alpha value is -3.94. The van der Waals surface area contributed by atoms with Gasteiger partial charge in [0.05, 0.1) is 12.7 Å². The van der Waals surface area contributed by atoms with Crippen LogP contribution in [0.3, 0.4) is 0 Å². The van der Waals surface area contributed by atoms with Gasteiger partial charge in [0.25, 0.3) is 11.8 Å². The van der Waals surface area contributed by atoms with Crippen LogP contribution in [0.15, 0.2) is 54.1 Å². The molecule has 8 nitrogen and oxygen atoms in total. The van der Waals surface area contributed by atoms with Gasteiger partial charge in [-0.15, -0.1) is 0 Å². The molecule has 1 heterocycles. The lowest BCUT2D eigenvalue weighted by atomic mass is 10.1. The van der Waals surface area contributed by atoms with Crippen LogP contribution in [0.5, 0.6) is 5.75 Å². The highest BCUT2D eigenvalue weighted by atomic mass is 16.5. The van der Waals surface area contributed by atoms with Crippen LogP contribution in [0.4, 0.5) is 4.79 Å². The summed E-state index contributed by atoms with van der Waals surface area (Å²) in [5.74, 6) is -1.59. The lowest BCUT2D eigenvalue weighted by Gasteiger charge is -2.15. The first kappa shape index (κ1) is 18.8. The number of carbonyl (C=O) groups is 4. The van der Waals surface area contributed by atoms with Crippen molar-refractivity contribution < 1.29 is 28.7 Å². The summed E-state index contributed by atoms with van der Waals surface area (Å²) >= 11 is 0. The lowest BCUT2D eigenvalue weighted by molar-refractivity contribution is -0.123. The molecule has 2 aromatic rings. The minimum atomic E-state index is -0.859. The first-order valence-electron chi connectivity index (χ1n) is 8.25. The second-order valence-corrected chi connectivity index (χ2v) is 5.81. The van der Waals surface area contributed by atoms with Gasteiger partial charge in [0.15, 0.2) is 0 Å². The number of nitrogens with one attached hydrogen (secondary N) is 2. The Morgan fingerprint density at radius 2 is 1.71 bits per heavy atom. The Morgan fingerprint density at radius 3 is 2.43 bits per heavy atom. The van der Waals surface area contributed by atoms with Crippen molar-refractivity contribution in [1.29, 1.82) is 0 Å². The van der Waals surface area contributed by atoms with Gasteiger partial charge in [0.2, 0.25) is 0 Å². The summed E-state index contributed by atoms with van der Waals surface area (Å²) in [6.07, 6.45) is 1.34. The van der Waals surface area contributed by atoms with E-state index in [-0.39, 0.29) is 12.2 Å². The number of ether oxygens (including phenoxy) is 2. The van der Waals surface area contributed by atoms with Crippen molar-refractivity contribution in [3.63, 3.8) is 0 Å². The van der Waals surface area contributed by atoms with Gasteiger partial charge < -0.3 is 9.47 Å². The van der Waals surface area contributed by atoms with Crippen molar-refractivity contribution in [2.24, 2.45) is 0 Å². The Labute approximate surface area is 160 Å². The molecule has 1 fully saturated rings. The number of imide groups is 2. The van der Waals surface area contributed by atoms with Crippen LogP contribution >= 0.6 is 0 Å². The van der Waals surface area contributed by atoms with Gasteiger partial charge >= 0.3 is 12.0 Å². The molecule has 0 aromatic heterocycles. The van der Waals surface area contributed by atoms with Gasteiger partial charge in [-0.25, -0.2) is 9.59 Å². The predicted octanol–water partition coefficient (Wildman–Crippen LogP) is 1.80. The number of barbiturate groups is 1. The SMILES string of the molecule is COC(=O)c1cccc(COc2ccccc2C=C2C(=O)NC(=O)NC2=O)c1. The zero-order chi connectivity index (χ0) is 20.1. The largest absolute Gasteiger partial charge is 0.488 e. The molecule has 8 heteroatoms. The summed E-state index contributed by atoms with van der Waals surface area (Å²) in [5, 5.41) is 4.03. The zero-order valence-electron chi connectivity index (χ0n) is 14.9. The second kappa shape index (κ2) is 8.17. The third-order valence-corrected chi connectivity index (χ3v) is 3.90. The fourth-order valence-corrected chi connectivity index (χ4v) is 2.56. The van der Waals surface area contributed by atoms with Crippen molar-refractivity contribution in [3.05, 3.63) is 70.8 Å². The van der Waals surface area contributed by atoms with Gasteiger partial charge in [0.1, 0.15) is 17.9 Å². The monoisotopic (exact) mass is 380 g/mol. The van der Waals surface area contributed by atoms with E-state index in [1.807, 2.05) is 10.6 Å². The van der Waals surface area contributed by atoms with Crippen LogP contribution < -0.4 is 15.4 Å². The highest BCUT2D eigenvalue weighted by Crippen LogP contribution is 2.23. The molecule has 0 bridgehead atoms. The molecule has 4 amide bonds. The fourth-order valence-electron chi connectivity index (χ4n) is 2.56.